The number of aromatic carboxylic acids is 1. The number of carbonyl (C=O) groups is 2. The van der Waals surface area contributed by atoms with Crippen LogP contribution in [0.15, 0.2) is 66.7 Å². The summed E-state index contributed by atoms with van der Waals surface area (Å²) >= 11 is 0. The van der Waals surface area contributed by atoms with Gasteiger partial charge in [0.1, 0.15) is 12.4 Å². The van der Waals surface area contributed by atoms with E-state index in [4.69, 9.17) is 9.84 Å². The zero-order chi connectivity index (χ0) is 29.9. The van der Waals surface area contributed by atoms with Gasteiger partial charge in [0, 0.05) is 6.42 Å². The second-order valence-electron chi connectivity index (χ2n) is 12.2. The number of hydrogen-bond acceptors (Lipinski definition) is 3. The molecule has 42 heavy (non-hydrogen) atoms. The molecule has 0 saturated heterocycles. The van der Waals surface area contributed by atoms with E-state index >= 15 is 0 Å². The van der Waals surface area contributed by atoms with E-state index < -0.39 is 11.9 Å². The Morgan fingerprint density at radius 2 is 1.67 bits per heavy atom. The Labute approximate surface area is 250 Å². The third-order valence-corrected chi connectivity index (χ3v) is 8.83. The molecule has 0 aromatic heterocycles. The Hall–Kier alpha value is -3.60. The van der Waals surface area contributed by atoms with Crippen LogP contribution >= 0.6 is 0 Å². The van der Waals surface area contributed by atoms with Gasteiger partial charge in [0.05, 0.1) is 5.56 Å². The Kier molecular flexibility index (Phi) is 11.6. The number of carboxylic acids is 2. The second kappa shape index (κ2) is 15.6. The number of benzene rings is 3. The molecule has 4 rings (SSSR count). The molecule has 0 aliphatic heterocycles. The van der Waals surface area contributed by atoms with Crippen LogP contribution in [-0.2, 0) is 24.2 Å². The van der Waals surface area contributed by atoms with Crippen LogP contribution in [0.1, 0.15) is 122 Å². The van der Waals surface area contributed by atoms with Crippen LogP contribution in [0.25, 0.3) is 0 Å². The number of ether oxygens (including phenoxy) is 1. The van der Waals surface area contributed by atoms with Crippen molar-refractivity contribution in [2.24, 2.45) is 5.92 Å². The van der Waals surface area contributed by atoms with Gasteiger partial charge in [0.15, 0.2) is 0 Å². The molecule has 1 aliphatic carbocycles. The van der Waals surface area contributed by atoms with Crippen molar-refractivity contribution in [3.05, 3.63) is 100 Å². The Bertz CT molecular complexity index is 1310. The summed E-state index contributed by atoms with van der Waals surface area (Å²) in [6.07, 6.45) is 10.2. The number of rotatable bonds is 16. The molecule has 2 atom stereocenters. The summed E-state index contributed by atoms with van der Waals surface area (Å²) < 4.78 is 6.33. The van der Waals surface area contributed by atoms with Gasteiger partial charge < -0.3 is 14.9 Å². The second-order valence-corrected chi connectivity index (χ2v) is 12.2. The lowest BCUT2D eigenvalue weighted by atomic mass is 9.72. The normalized spacial score (nSPS) is 15.3. The molecule has 3 aromatic carbocycles. The lowest BCUT2D eigenvalue weighted by molar-refractivity contribution is -0.137. The van der Waals surface area contributed by atoms with Crippen molar-refractivity contribution in [3.8, 4) is 5.75 Å². The molecular formula is C37H46O5. The van der Waals surface area contributed by atoms with Crippen LogP contribution in [0.5, 0.6) is 5.75 Å². The molecule has 0 fully saturated rings. The fraction of sp³-hybridized carbons (Fsp3) is 0.459. The van der Waals surface area contributed by atoms with E-state index in [1.54, 1.807) is 6.07 Å². The van der Waals surface area contributed by atoms with Crippen LogP contribution in [0.4, 0.5) is 0 Å². The molecule has 0 spiro atoms. The average Bonchev–Trinajstić information content (AvgIpc) is 2.99. The minimum Gasteiger partial charge on any atom is -0.489 e. The molecule has 2 unspecified atom stereocenters. The summed E-state index contributed by atoms with van der Waals surface area (Å²) in [4.78, 5) is 22.5. The van der Waals surface area contributed by atoms with Gasteiger partial charge in [-0.15, -0.1) is 0 Å². The molecule has 0 saturated carbocycles. The Balaban J connectivity index is 1.45. The SMILES string of the molecule is CC(C)c1ccc(COc2ccccc2CCC(CCCCCCC(=O)O)C2CCCc3cc(C(=O)O)ccc32)cc1. The van der Waals surface area contributed by atoms with E-state index in [0.717, 1.165) is 75.5 Å². The Morgan fingerprint density at radius 3 is 2.40 bits per heavy atom. The van der Waals surface area contributed by atoms with E-state index in [2.05, 4.69) is 62.4 Å². The number of para-hydroxylation sites is 1. The standard InChI is InChI=1S/C37H46O5/c1-26(2)28-18-16-27(17-19-28)25-42-35-14-8-7-11-30(35)21-20-29(10-5-3-4-6-15-36(38)39)33-13-9-12-31-24-32(37(40)41)22-23-34(31)33/h7-8,11,14,16-19,22-24,26,29,33H,3-6,9-10,12-13,15,20-21,25H2,1-2H3,(H,38,39)(H,40,41). The van der Waals surface area contributed by atoms with Crippen LogP contribution in [0.3, 0.4) is 0 Å². The maximum absolute atomic E-state index is 11.6. The lowest BCUT2D eigenvalue weighted by Crippen LogP contribution is -2.20. The molecule has 0 heterocycles. The highest BCUT2D eigenvalue weighted by molar-refractivity contribution is 5.88. The lowest BCUT2D eigenvalue weighted by Gasteiger charge is -2.33. The van der Waals surface area contributed by atoms with Crippen LogP contribution in [-0.4, -0.2) is 22.2 Å². The highest BCUT2D eigenvalue weighted by Gasteiger charge is 2.28. The van der Waals surface area contributed by atoms with Gasteiger partial charge in [0.2, 0.25) is 0 Å². The topological polar surface area (TPSA) is 83.8 Å². The third-order valence-electron chi connectivity index (χ3n) is 8.83. The minimum absolute atomic E-state index is 0.240. The molecule has 5 nitrogen and oxygen atoms in total. The van der Waals surface area contributed by atoms with Crippen molar-refractivity contribution in [1.29, 1.82) is 0 Å². The van der Waals surface area contributed by atoms with Crippen LogP contribution in [0, 0.1) is 5.92 Å². The molecule has 1 aliphatic rings. The smallest absolute Gasteiger partial charge is 0.335 e. The monoisotopic (exact) mass is 570 g/mol. The van der Waals surface area contributed by atoms with Crippen molar-refractivity contribution in [3.63, 3.8) is 0 Å². The molecular weight excluding hydrogens is 524 g/mol. The van der Waals surface area contributed by atoms with Gasteiger partial charge in [-0.1, -0.05) is 81.6 Å². The van der Waals surface area contributed by atoms with Crippen molar-refractivity contribution in [2.75, 3.05) is 0 Å². The van der Waals surface area contributed by atoms with Gasteiger partial charge in [-0.3, -0.25) is 4.79 Å². The Morgan fingerprint density at radius 1 is 0.905 bits per heavy atom. The number of aliphatic carboxylic acids is 1. The van der Waals surface area contributed by atoms with Crippen LogP contribution < -0.4 is 4.74 Å². The summed E-state index contributed by atoms with van der Waals surface area (Å²) in [5.41, 5.74) is 6.58. The number of aryl methyl sites for hydroxylation is 2. The van der Waals surface area contributed by atoms with E-state index in [9.17, 15) is 14.7 Å². The molecule has 3 aromatic rings. The zero-order valence-electron chi connectivity index (χ0n) is 25.2. The van der Waals surface area contributed by atoms with Gasteiger partial charge >= 0.3 is 11.9 Å². The van der Waals surface area contributed by atoms with Gasteiger partial charge in [0.25, 0.3) is 0 Å². The van der Waals surface area contributed by atoms with Gasteiger partial charge in [-0.2, -0.15) is 0 Å². The first-order valence-corrected chi connectivity index (χ1v) is 15.7. The summed E-state index contributed by atoms with van der Waals surface area (Å²) in [6.45, 7) is 4.94. The van der Waals surface area contributed by atoms with E-state index in [1.165, 1.54) is 22.3 Å². The molecule has 2 N–H and O–H groups in total. The minimum atomic E-state index is -0.870. The quantitative estimate of drug-likeness (QED) is 0.168. The summed E-state index contributed by atoms with van der Waals surface area (Å²) in [7, 11) is 0. The van der Waals surface area contributed by atoms with Crippen LogP contribution in [0.2, 0.25) is 0 Å². The fourth-order valence-electron chi connectivity index (χ4n) is 6.41. The first-order chi connectivity index (χ1) is 20.3. The largest absolute Gasteiger partial charge is 0.489 e. The summed E-state index contributed by atoms with van der Waals surface area (Å²) in [5, 5.41) is 18.5. The molecule has 0 radical (unpaired) electrons. The number of hydrogen-bond donors (Lipinski definition) is 2. The first-order valence-electron chi connectivity index (χ1n) is 15.7. The van der Waals surface area contributed by atoms with E-state index in [0.29, 0.717) is 29.9 Å². The van der Waals surface area contributed by atoms with E-state index in [-0.39, 0.29) is 6.42 Å². The van der Waals surface area contributed by atoms with Crippen molar-refractivity contribution in [2.45, 2.75) is 103 Å². The molecule has 0 amide bonds. The number of unbranched alkanes of at least 4 members (excludes halogenated alkanes) is 3. The van der Waals surface area contributed by atoms with Gasteiger partial charge in [-0.05, 0) is 109 Å². The molecule has 5 heteroatoms. The number of carboxylic acid groups (broad SMARTS) is 2. The summed E-state index contributed by atoms with van der Waals surface area (Å²) in [5.74, 6) is 0.729. The zero-order valence-corrected chi connectivity index (χ0v) is 25.2. The van der Waals surface area contributed by atoms with E-state index in [1.807, 2.05) is 12.1 Å². The third kappa shape index (κ3) is 8.95. The van der Waals surface area contributed by atoms with Crippen molar-refractivity contribution in [1.82, 2.24) is 0 Å². The number of fused-ring (bicyclic) bond motifs is 1. The average molecular weight is 571 g/mol. The summed E-state index contributed by atoms with van der Waals surface area (Å²) in [6, 6.07) is 22.7. The fourth-order valence-corrected chi connectivity index (χ4v) is 6.41. The van der Waals surface area contributed by atoms with Crippen molar-refractivity contribution >= 4 is 11.9 Å². The maximum Gasteiger partial charge on any atom is 0.335 e. The molecule has 0 bridgehead atoms. The molecule has 224 valence electrons. The highest BCUT2D eigenvalue weighted by Crippen LogP contribution is 2.42. The predicted molar refractivity (Wildman–Crippen MR) is 168 cm³/mol. The van der Waals surface area contributed by atoms with Crippen molar-refractivity contribution < 1.29 is 24.5 Å². The highest BCUT2D eigenvalue weighted by atomic mass is 16.5. The maximum atomic E-state index is 11.6. The van der Waals surface area contributed by atoms with Gasteiger partial charge in [-0.25, -0.2) is 4.79 Å². The first kappa shape index (κ1) is 31.3. The predicted octanol–water partition coefficient (Wildman–Crippen LogP) is 9.18.